The van der Waals surface area contributed by atoms with Crippen molar-refractivity contribution < 1.29 is 37.0 Å². The number of halogens is 4. The van der Waals surface area contributed by atoms with Gasteiger partial charge in [0.05, 0.1) is 38.1 Å². The highest BCUT2D eigenvalue weighted by Crippen LogP contribution is 2.34. The van der Waals surface area contributed by atoms with Crippen molar-refractivity contribution in [3.63, 3.8) is 0 Å². The molecule has 2 aromatic carbocycles. The number of hydrogen-bond acceptors (Lipinski definition) is 5. The van der Waals surface area contributed by atoms with E-state index >= 15 is 0 Å². The molecule has 0 radical (unpaired) electrons. The first-order valence-electron chi connectivity index (χ1n) is 8.30. The van der Waals surface area contributed by atoms with Crippen molar-refractivity contribution in [1.82, 2.24) is 0 Å². The quantitative estimate of drug-likeness (QED) is 0.512. The monoisotopic (exact) mass is 443 g/mol. The van der Waals surface area contributed by atoms with Gasteiger partial charge in [-0.25, -0.2) is 4.79 Å². The Kier molecular flexibility index (Phi) is 7.33. The molecule has 0 aromatic heterocycles. The molecule has 1 N–H and O–H groups in total. The summed E-state index contributed by atoms with van der Waals surface area (Å²) >= 11 is 5.91. The van der Waals surface area contributed by atoms with Gasteiger partial charge in [0.2, 0.25) is 5.91 Å². The number of carbonyl (C=O) groups excluding carboxylic acids is 2. The summed E-state index contributed by atoms with van der Waals surface area (Å²) in [6, 6.07) is 5.43. The topological polar surface area (TPSA) is 73.9 Å². The van der Waals surface area contributed by atoms with Crippen LogP contribution in [-0.4, -0.2) is 33.2 Å². The summed E-state index contributed by atoms with van der Waals surface area (Å²) in [5.41, 5.74) is -0.847. The smallest absolute Gasteiger partial charge is 0.416 e. The van der Waals surface area contributed by atoms with E-state index in [2.05, 4.69) is 5.32 Å². The first-order chi connectivity index (χ1) is 14.1. The van der Waals surface area contributed by atoms with E-state index in [0.29, 0.717) is 0 Å². The minimum absolute atomic E-state index is 0.00199. The van der Waals surface area contributed by atoms with E-state index in [1.807, 2.05) is 0 Å². The minimum atomic E-state index is -4.55. The van der Waals surface area contributed by atoms with Crippen molar-refractivity contribution >= 4 is 35.2 Å². The van der Waals surface area contributed by atoms with Crippen LogP contribution in [0.4, 0.5) is 18.9 Å². The van der Waals surface area contributed by atoms with E-state index in [0.717, 1.165) is 30.4 Å². The van der Waals surface area contributed by atoms with Crippen LogP contribution in [0, 0.1) is 0 Å². The second-order valence-corrected chi connectivity index (χ2v) is 6.21. The third-order valence-electron chi connectivity index (χ3n) is 3.92. The molecule has 0 heterocycles. The van der Waals surface area contributed by atoms with Crippen LogP contribution < -0.4 is 14.8 Å². The van der Waals surface area contributed by atoms with Crippen molar-refractivity contribution in [3.8, 4) is 11.5 Å². The number of anilines is 1. The Bertz CT molecular complexity index is 989. The normalized spacial score (nSPS) is 11.3. The fourth-order valence-corrected chi connectivity index (χ4v) is 2.63. The van der Waals surface area contributed by atoms with Gasteiger partial charge in [0, 0.05) is 23.2 Å². The van der Waals surface area contributed by atoms with Crippen molar-refractivity contribution in [2.45, 2.75) is 6.18 Å². The lowest BCUT2D eigenvalue weighted by Gasteiger charge is -2.14. The van der Waals surface area contributed by atoms with Crippen LogP contribution in [0.5, 0.6) is 11.5 Å². The van der Waals surface area contributed by atoms with E-state index in [9.17, 15) is 22.8 Å². The third kappa shape index (κ3) is 5.44. The molecule has 6 nitrogen and oxygen atoms in total. The third-order valence-corrected chi connectivity index (χ3v) is 4.27. The molecule has 2 aromatic rings. The summed E-state index contributed by atoms with van der Waals surface area (Å²) in [6.45, 7) is 0. The van der Waals surface area contributed by atoms with Gasteiger partial charge < -0.3 is 19.5 Å². The van der Waals surface area contributed by atoms with Gasteiger partial charge in [0.15, 0.2) is 11.5 Å². The highest BCUT2D eigenvalue weighted by atomic mass is 35.5. The Morgan fingerprint density at radius 3 is 2.23 bits per heavy atom. The minimum Gasteiger partial charge on any atom is -0.493 e. The number of benzene rings is 2. The second kappa shape index (κ2) is 9.53. The number of amides is 1. The lowest BCUT2D eigenvalue weighted by atomic mass is 10.1. The molecule has 1 amide bonds. The zero-order valence-electron chi connectivity index (χ0n) is 16.1. The number of hydrogen-bond donors (Lipinski definition) is 1. The maximum atomic E-state index is 12.9. The average Bonchev–Trinajstić information content (AvgIpc) is 2.71. The summed E-state index contributed by atoms with van der Waals surface area (Å²) in [6.07, 6.45) is -2.44. The van der Waals surface area contributed by atoms with Gasteiger partial charge in [-0.15, -0.1) is 0 Å². The van der Waals surface area contributed by atoms with Crippen LogP contribution in [-0.2, 0) is 15.7 Å². The van der Waals surface area contributed by atoms with Gasteiger partial charge in [-0.3, -0.25) is 4.79 Å². The Hall–Kier alpha value is -3.20. The molecule has 0 spiro atoms. The summed E-state index contributed by atoms with van der Waals surface area (Å²) in [7, 11) is 3.91. The predicted octanol–water partition coefficient (Wildman–Crippen LogP) is 4.81. The first-order valence-corrected chi connectivity index (χ1v) is 8.68. The zero-order valence-corrected chi connectivity index (χ0v) is 16.9. The summed E-state index contributed by atoms with van der Waals surface area (Å²) in [5, 5.41) is 2.49. The number of esters is 1. The van der Waals surface area contributed by atoms with E-state index in [1.54, 1.807) is 0 Å². The number of nitrogens with one attached hydrogen (secondary N) is 1. The molecule has 10 heteroatoms. The Morgan fingerprint density at radius 1 is 1.03 bits per heavy atom. The molecular formula is C20H17ClF3NO5. The van der Waals surface area contributed by atoms with Gasteiger partial charge in [-0.1, -0.05) is 11.6 Å². The lowest BCUT2D eigenvalue weighted by molar-refractivity contribution is -0.137. The Morgan fingerprint density at radius 2 is 1.67 bits per heavy atom. The van der Waals surface area contributed by atoms with Gasteiger partial charge in [0.1, 0.15) is 0 Å². The fraction of sp³-hybridized carbons (Fsp3) is 0.200. The number of methoxy groups -OCH3 is 3. The molecule has 0 aliphatic heterocycles. The molecule has 0 saturated carbocycles. The molecular weight excluding hydrogens is 427 g/mol. The Labute approximate surface area is 175 Å². The van der Waals surface area contributed by atoms with Crippen molar-refractivity contribution in [3.05, 3.63) is 58.1 Å². The van der Waals surface area contributed by atoms with Gasteiger partial charge >= 0.3 is 12.1 Å². The lowest BCUT2D eigenvalue weighted by Crippen LogP contribution is -2.13. The van der Waals surface area contributed by atoms with Crippen LogP contribution in [0.2, 0.25) is 5.02 Å². The van der Waals surface area contributed by atoms with Gasteiger partial charge in [-0.2, -0.15) is 13.2 Å². The van der Waals surface area contributed by atoms with E-state index in [-0.39, 0.29) is 33.3 Å². The maximum absolute atomic E-state index is 12.9. The molecule has 160 valence electrons. The van der Waals surface area contributed by atoms with Crippen LogP contribution in [0.25, 0.3) is 6.08 Å². The van der Waals surface area contributed by atoms with Crippen LogP contribution in [0.1, 0.15) is 21.5 Å². The number of ether oxygens (including phenoxy) is 3. The van der Waals surface area contributed by atoms with Crippen molar-refractivity contribution in [2.75, 3.05) is 26.6 Å². The number of carbonyl (C=O) groups is 2. The largest absolute Gasteiger partial charge is 0.493 e. The molecule has 0 atom stereocenters. The fourth-order valence-electron chi connectivity index (χ4n) is 2.45. The SMILES string of the molecule is COC(=O)c1cc(OC)c(OC)cc1NC(=O)/C=C/c1cc(C(F)(F)F)ccc1Cl. The van der Waals surface area contributed by atoms with E-state index in [1.165, 1.54) is 33.5 Å². The number of rotatable bonds is 6. The van der Waals surface area contributed by atoms with Crippen LogP contribution in [0.3, 0.4) is 0 Å². The zero-order chi connectivity index (χ0) is 22.5. The average molecular weight is 444 g/mol. The summed E-state index contributed by atoms with van der Waals surface area (Å²) in [5.74, 6) is -0.982. The molecule has 0 fully saturated rings. The molecule has 0 bridgehead atoms. The highest BCUT2D eigenvalue weighted by Gasteiger charge is 2.30. The Balaban J connectivity index is 2.33. The van der Waals surface area contributed by atoms with Crippen molar-refractivity contribution in [2.24, 2.45) is 0 Å². The summed E-state index contributed by atoms with van der Waals surface area (Å²) < 4.78 is 53.5. The number of alkyl halides is 3. The molecule has 0 saturated heterocycles. The van der Waals surface area contributed by atoms with Gasteiger partial charge in [0.25, 0.3) is 0 Å². The molecule has 0 aliphatic carbocycles. The molecule has 0 unspecified atom stereocenters. The van der Waals surface area contributed by atoms with Crippen LogP contribution in [0.15, 0.2) is 36.4 Å². The predicted molar refractivity (Wildman–Crippen MR) is 105 cm³/mol. The standard InChI is InChI=1S/C20H17ClF3NO5/c1-28-16-9-13(19(27)30-3)15(10-17(16)29-2)25-18(26)7-4-11-8-12(20(22,23)24)5-6-14(11)21/h4-10H,1-3H3,(H,25,26)/b7-4+. The highest BCUT2D eigenvalue weighted by molar-refractivity contribution is 6.32. The summed E-state index contributed by atoms with van der Waals surface area (Å²) in [4.78, 5) is 24.3. The molecule has 30 heavy (non-hydrogen) atoms. The van der Waals surface area contributed by atoms with Crippen LogP contribution >= 0.6 is 11.6 Å². The molecule has 0 aliphatic rings. The maximum Gasteiger partial charge on any atom is 0.416 e. The second-order valence-electron chi connectivity index (χ2n) is 5.80. The first kappa shape index (κ1) is 23.1. The van der Waals surface area contributed by atoms with Gasteiger partial charge in [-0.05, 0) is 29.8 Å². The van der Waals surface area contributed by atoms with Crippen molar-refractivity contribution in [1.29, 1.82) is 0 Å². The molecule has 2 rings (SSSR count). The van der Waals surface area contributed by atoms with E-state index in [4.69, 9.17) is 25.8 Å². The van der Waals surface area contributed by atoms with E-state index < -0.39 is 23.6 Å².